The van der Waals surface area contributed by atoms with Crippen LogP contribution in [-0.2, 0) is 6.42 Å². The fraction of sp³-hybridized carbons (Fsp3) is 0.524. The van der Waals surface area contributed by atoms with E-state index in [1.165, 1.54) is 37.8 Å². The van der Waals surface area contributed by atoms with Gasteiger partial charge in [0.1, 0.15) is 5.82 Å². The first-order chi connectivity index (χ1) is 12.9. The van der Waals surface area contributed by atoms with Crippen LogP contribution in [0.25, 0.3) is 0 Å². The summed E-state index contributed by atoms with van der Waals surface area (Å²) in [6, 6.07) is 12.9. The van der Waals surface area contributed by atoms with E-state index in [1.807, 2.05) is 6.20 Å². The monoisotopic (exact) mass is 351 g/mol. The zero-order valence-corrected chi connectivity index (χ0v) is 15.6. The molecule has 0 atom stereocenters. The van der Waals surface area contributed by atoms with Gasteiger partial charge >= 0.3 is 0 Å². The summed E-state index contributed by atoms with van der Waals surface area (Å²) in [6.45, 7) is 7.74. The average Bonchev–Trinajstić information content (AvgIpc) is 3.24. The largest absolute Gasteiger partial charge is 0.354 e. The van der Waals surface area contributed by atoms with Crippen LogP contribution in [0.2, 0.25) is 0 Å². The van der Waals surface area contributed by atoms with Crippen LogP contribution in [-0.4, -0.2) is 60.7 Å². The summed E-state index contributed by atoms with van der Waals surface area (Å²) < 4.78 is 0. The molecule has 2 aromatic rings. The van der Waals surface area contributed by atoms with Gasteiger partial charge in [0.2, 0.25) is 5.95 Å². The zero-order valence-electron chi connectivity index (χ0n) is 15.6. The third-order valence-corrected chi connectivity index (χ3v) is 5.50. The molecule has 0 saturated carbocycles. The van der Waals surface area contributed by atoms with Crippen LogP contribution in [0.1, 0.15) is 24.8 Å². The number of nitrogens with zero attached hydrogens (tertiary/aromatic N) is 5. The van der Waals surface area contributed by atoms with Gasteiger partial charge in [-0.05, 0) is 43.9 Å². The fourth-order valence-electron chi connectivity index (χ4n) is 3.94. The van der Waals surface area contributed by atoms with Crippen molar-refractivity contribution in [1.29, 1.82) is 0 Å². The minimum atomic E-state index is 0.908. The lowest BCUT2D eigenvalue weighted by atomic mass is 10.1. The maximum atomic E-state index is 4.83. The number of hydrogen-bond acceptors (Lipinski definition) is 5. The SMILES string of the molecule is c1ccc(CCCN2CCN(c3ccnc(N4CCCC4)n3)CC2)cc1. The number of aryl methyl sites for hydroxylation is 1. The highest BCUT2D eigenvalue weighted by atomic mass is 15.3. The van der Waals surface area contributed by atoms with E-state index in [0.717, 1.165) is 51.0 Å². The molecule has 3 heterocycles. The topological polar surface area (TPSA) is 35.5 Å². The van der Waals surface area contributed by atoms with E-state index in [1.54, 1.807) is 0 Å². The van der Waals surface area contributed by atoms with Crippen LogP contribution < -0.4 is 9.80 Å². The molecule has 0 radical (unpaired) electrons. The molecule has 0 N–H and O–H groups in total. The molecule has 0 aliphatic carbocycles. The van der Waals surface area contributed by atoms with Crippen LogP contribution >= 0.6 is 0 Å². The molecule has 2 saturated heterocycles. The molecule has 4 rings (SSSR count). The normalized spacial score (nSPS) is 18.5. The van der Waals surface area contributed by atoms with Gasteiger partial charge in [0, 0.05) is 45.5 Å². The minimum Gasteiger partial charge on any atom is -0.354 e. The Morgan fingerprint density at radius 1 is 0.808 bits per heavy atom. The Morgan fingerprint density at radius 3 is 2.35 bits per heavy atom. The lowest BCUT2D eigenvalue weighted by Crippen LogP contribution is -2.47. The molecule has 0 unspecified atom stereocenters. The van der Waals surface area contributed by atoms with Crippen LogP contribution in [0, 0.1) is 0 Å². The summed E-state index contributed by atoms with van der Waals surface area (Å²) in [6.07, 6.45) is 6.84. The van der Waals surface area contributed by atoms with E-state index < -0.39 is 0 Å². The molecule has 2 aliphatic heterocycles. The molecule has 138 valence electrons. The second-order valence-corrected chi connectivity index (χ2v) is 7.33. The van der Waals surface area contributed by atoms with E-state index in [4.69, 9.17) is 4.98 Å². The fourth-order valence-corrected chi connectivity index (χ4v) is 3.94. The Labute approximate surface area is 156 Å². The lowest BCUT2D eigenvalue weighted by molar-refractivity contribution is 0.254. The summed E-state index contributed by atoms with van der Waals surface area (Å²) in [5, 5.41) is 0. The van der Waals surface area contributed by atoms with Crippen molar-refractivity contribution >= 4 is 11.8 Å². The minimum absolute atomic E-state index is 0.908. The second-order valence-electron chi connectivity index (χ2n) is 7.33. The molecule has 1 aromatic heterocycles. The van der Waals surface area contributed by atoms with Gasteiger partial charge in [0.15, 0.2) is 0 Å². The number of benzene rings is 1. The summed E-state index contributed by atoms with van der Waals surface area (Å²) in [5.41, 5.74) is 1.45. The van der Waals surface area contributed by atoms with E-state index in [0.29, 0.717) is 0 Å². The third-order valence-electron chi connectivity index (χ3n) is 5.50. The van der Waals surface area contributed by atoms with Crippen LogP contribution in [0.5, 0.6) is 0 Å². The number of anilines is 2. The molecular weight excluding hydrogens is 322 g/mol. The van der Waals surface area contributed by atoms with E-state index >= 15 is 0 Å². The number of hydrogen-bond donors (Lipinski definition) is 0. The Kier molecular flexibility index (Phi) is 5.65. The Hall–Kier alpha value is -2.14. The van der Waals surface area contributed by atoms with Gasteiger partial charge in [-0.25, -0.2) is 4.98 Å². The Balaban J connectivity index is 1.25. The van der Waals surface area contributed by atoms with Gasteiger partial charge in [-0.15, -0.1) is 0 Å². The summed E-state index contributed by atoms with van der Waals surface area (Å²) in [7, 11) is 0. The molecular formula is C21H29N5. The standard InChI is InChI=1S/C21H29N5/c1-2-7-19(8-3-1)9-6-12-24-15-17-25(18-16-24)20-10-11-22-21(23-20)26-13-4-5-14-26/h1-3,7-8,10-11H,4-6,9,12-18H2. The first-order valence-electron chi connectivity index (χ1n) is 9.98. The molecule has 2 aliphatic rings. The first kappa shape index (κ1) is 17.3. The molecule has 5 heteroatoms. The lowest BCUT2D eigenvalue weighted by Gasteiger charge is -2.35. The first-order valence-corrected chi connectivity index (χ1v) is 9.98. The van der Waals surface area contributed by atoms with Gasteiger partial charge < -0.3 is 9.80 Å². The van der Waals surface area contributed by atoms with Crippen molar-refractivity contribution in [2.45, 2.75) is 25.7 Å². The summed E-state index contributed by atoms with van der Waals surface area (Å²) >= 11 is 0. The van der Waals surface area contributed by atoms with E-state index in [9.17, 15) is 0 Å². The highest BCUT2D eigenvalue weighted by Crippen LogP contribution is 2.20. The smallest absolute Gasteiger partial charge is 0.227 e. The van der Waals surface area contributed by atoms with Crippen LogP contribution in [0.15, 0.2) is 42.6 Å². The van der Waals surface area contributed by atoms with Crippen molar-refractivity contribution in [2.75, 3.05) is 55.6 Å². The van der Waals surface area contributed by atoms with Crippen LogP contribution in [0.3, 0.4) is 0 Å². The molecule has 5 nitrogen and oxygen atoms in total. The van der Waals surface area contributed by atoms with Crippen molar-refractivity contribution in [3.8, 4) is 0 Å². The molecule has 26 heavy (non-hydrogen) atoms. The maximum Gasteiger partial charge on any atom is 0.227 e. The highest BCUT2D eigenvalue weighted by Gasteiger charge is 2.20. The summed E-state index contributed by atoms with van der Waals surface area (Å²) in [5.74, 6) is 2.00. The zero-order chi connectivity index (χ0) is 17.6. The Bertz CT molecular complexity index is 676. The highest BCUT2D eigenvalue weighted by molar-refractivity contribution is 5.44. The van der Waals surface area contributed by atoms with Crippen molar-refractivity contribution in [1.82, 2.24) is 14.9 Å². The number of rotatable bonds is 6. The van der Waals surface area contributed by atoms with E-state index in [2.05, 4.69) is 56.1 Å². The van der Waals surface area contributed by atoms with Gasteiger partial charge in [-0.1, -0.05) is 30.3 Å². The third kappa shape index (κ3) is 4.33. The van der Waals surface area contributed by atoms with Crippen molar-refractivity contribution in [2.24, 2.45) is 0 Å². The maximum absolute atomic E-state index is 4.83. The van der Waals surface area contributed by atoms with Gasteiger partial charge in [0.25, 0.3) is 0 Å². The molecule has 2 fully saturated rings. The van der Waals surface area contributed by atoms with Crippen molar-refractivity contribution < 1.29 is 0 Å². The van der Waals surface area contributed by atoms with Gasteiger partial charge in [-0.3, -0.25) is 4.90 Å². The van der Waals surface area contributed by atoms with Gasteiger partial charge in [-0.2, -0.15) is 4.98 Å². The molecule has 1 aromatic carbocycles. The van der Waals surface area contributed by atoms with E-state index in [-0.39, 0.29) is 0 Å². The van der Waals surface area contributed by atoms with Gasteiger partial charge in [0.05, 0.1) is 0 Å². The van der Waals surface area contributed by atoms with Crippen LogP contribution in [0.4, 0.5) is 11.8 Å². The quantitative estimate of drug-likeness (QED) is 0.800. The summed E-state index contributed by atoms with van der Waals surface area (Å²) in [4.78, 5) is 16.6. The number of piperazine rings is 1. The average molecular weight is 351 g/mol. The predicted molar refractivity (Wildman–Crippen MR) is 107 cm³/mol. The number of aromatic nitrogens is 2. The Morgan fingerprint density at radius 2 is 1.58 bits per heavy atom. The predicted octanol–water partition coefficient (Wildman–Crippen LogP) is 2.83. The molecule has 0 spiro atoms. The van der Waals surface area contributed by atoms with Crippen molar-refractivity contribution in [3.05, 3.63) is 48.2 Å². The molecule has 0 amide bonds. The van der Waals surface area contributed by atoms with Crippen molar-refractivity contribution in [3.63, 3.8) is 0 Å². The second kappa shape index (κ2) is 8.49. The molecule has 0 bridgehead atoms.